The summed E-state index contributed by atoms with van der Waals surface area (Å²) in [5, 5.41) is 15.1. The Morgan fingerprint density at radius 3 is 2.43 bits per heavy atom. The molecule has 0 aliphatic heterocycles. The number of hydrogen-bond acceptors (Lipinski definition) is 3. The molecule has 3 fully saturated rings. The summed E-state index contributed by atoms with van der Waals surface area (Å²) >= 11 is 12.9. The highest BCUT2D eigenvalue weighted by Gasteiger charge is 2.57. The van der Waals surface area contributed by atoms with Crippen molar-refractivity contribution in [3.63, 3.8) is 0 Å². The average molecular weight is 418 g/mol. The molecule has 6 heteroatoms. The van der Waals surface area contributed by atoms with Gasteiger partial charge in [-0.05, 0) is 62.5 Å². The van der Waals surface area contributed by atoms with Crippen LogP contribution in [0.2, 0.25) is 10.0 Å². The zero-order valence-corrected chi connectivity index (χ0v) is 16.9. The van der Waals surface area contributed by atoms with Gasteiger partial charge in [-0.15, -0.1) is 0 Å². The van der Waals surface area contributed by atoms with Gasteiger partial charge in [-0.2, -0.15) is 0 Å². The first kappa shape index (κ1) is 18.3. The lowest BCUT2D eigenvalue weighted by Crippen LogP contribution is -2.25. The molecule has 0 unspecified atom stereocenters. The number of allylic oxidation sites excluding steroid dienone is 1. The summed E-state index contributed by atoms with van der Waals surface area (Å²) in [4.78, 5) is 11.7. The van der Waals surface area contributed by atoms with E-state index < -0.39 is 11.4 Å². The Labute approximate surface area is 173 Å². The number of fused-ring (bicyclic) bond motifs is 2. The van der Waals surface area contributed by atoms with Crippen molar-refractivity contribution in [2.75, 3.05) is 0 Å². The Morgan fingerprint density at radius 2 is 1.86 bits per heavy atom. The lowest BCUT2D eigenvalue weighted by atomic mass is 9.81. The number of halogens is 2. The SMILES string of the molecule is O=C(O)C12CCC(/C=C/c3c(-c4c(Cl)cccc4Cl)noc3C3CC3)(CC1)C2. The average Bonchev–Trinajstić information content (AvgIpc) is 3.17. The highest BCUT2D eigenvalue weighted by Crippen LogP contribution is 2.62. The number of benzene rings is 1. The van der Waals surface area contributed by atoms with E-state index in [0.717, 1.165) is 56.3 Å². The number of aliphatic carboxylic acids is 1. The van der Waals surface area contributed by atoms with E-state index in [1.807, 2.05) is 6.07 Å². The predicted octanol–water partition coefficient (Wildman–Crippen LogP) is 6.57. The van der Waals surface area contributed by atoms with Crippen molar-refractivity contribution in [2.45, 2.75) is 50.9 Å². The van der Waals surface area contributed by atoms with Gasteiger partial charge in [0.1, 0.15) is 11.5 Å². The van der Waals surface area contributed by atoms with Crippen LogP contribution in [0.4, 0.5) is 0 Å². The summed E-state index contributed by atoms with van der Waals surface area (Å²) in [6, 6.07) is 5.41. The maximum Gasteiger partial charge on any atom is 0.309 e. The third kappa shape index (κ3) is 2.81. The molecular weight excluding hydrogens is 397 g/mol. The molecule has 5 rings (SSSR count). The molecule has 1 heterocycles. The highest BCUT2D eigenvalue weighted by atomic mass is 35.5. The Kier molecular flexibility index (Phi) is 4.15. The fourth-order valence-electron chi connectivity index (χ4n) is 5.04. The van der Waals surface area contributed by atoms with Crippen LogP contribution in [0.3, 0.4) is 0 Å². The third-order valence-corrected chi connectivity index (χ3v) is 7.48. The van der Waals surface area contributed by atoms with E-state index in [1.54, 1.807) is 12.1 Å². The fourth-order valence-corrected chi connectivity index (χ4v) is 5.62. The van der Waals surface area contributed by atoms with Crippen molar-refractivity contribution in [3.05, 3.63) is 45.6 Å². The summed E-state index contributed by atoms with van der Waals surface area (Å²) < 4.78 is 5.72. The van der Waals surface area contributed by atoms with Crippen molar-refractivity contribution in [3.8, 4) is 11.3 Å². The van der Waals surface area contributed by atoms with Gasteiger partial charge >= 0.3 is 5.97 Å². The summed E-state index contributed by atoms with van der Waals surface area (Å²) in [6.45, 7) is 0. The van der Waals surface area contributed by atoms with Crippen molar-refractivity contribution >= 4 is 35.2 Å². The first-order valence-corrected chi connectivity index (χ1v) is 10.6. The summed E-state index contributed by atoms with van der Waals surface area (Å²) in [5.74, 6) is 0.636. The normalized spacial score (nSPS) is 29.1. The summed E-state index contributed by atoms with van der Waals surface area (Å²) in [6.07, 6.45) is 10.6. The molecule has 28 heavy (non-hydrogen) atoms. The monoisotopic (exact) mass is 417 g/mol. The molecule has 3 aliphatic rings. The van der Waals surface area contributed by atoms with Crippen LogP contribution >= 0.6 is 23.2 Å². The second-order valence-electron chi connectivity index (χ2n) is 8.64. The molecule has 3 aliphatic carbocycles. The molecule has 3 saturated carbocycles. The number of carboxylic acid groups (broad SMARTS) is 1. The van der Waals surface area contributed by atoms with E-state index >= 15 is 0 Å². The number of hydrogen-bond donors (Lipinski definition) is 1. The Bertz CT molecular complexity index is 961. The van der Waals surface area contributed by atoms with Crippen LogP contribution in [0, 0.1) is 10.8 Å². The van der Waals surface area contributed by atoms with Crippen molar-refractivity contribution in [1.82, 2.24) is 5.16 Å². The standard InChI is InChI=1S/C22H21Cl2NO3/c23-15-2-1-3-16(24)17(15)18-14(19(28-25-18)13-4-5-13)6-7-21-8-10-22(12-21,11-9-21)20(26)27/h1-3,6-7,13H,4-5,8-12H2,(H,26,27)/b7-6+. The van der Waals surface area contributed by atoms with Crippen LogP contribution < -0.4 is 0 Å². The van der Waals surface area contributed by atoms with Crippen molar-refractivity contribution < 1.29 is 14.4 Å². The minimum absolute atomic E-state index is 0.0436. The van der Waals surface area contributed by atoms with Crippen LogP contribution in [0.25, 0.3) is 17.3 Å². The van der Waals surface area contributed by atoms with Gasteiger partial charge in [-0.3, -0.25) is 4.79 Å². The largest absolute Gasteiger partial charge is 0.481 e. The van der Waals surface area contributed by atoms with E-state index in [0.29, 0.717) is 27.2 Å². The third-order valence-electron chi connectivity index (χ3n) is 6.85. The minimum Gasteiger partial charge on any atom is -0.481 e. The number of carboxylic acids is 1. The van der Waals surface area contributed by atoms with Crippen molar-refractivity contribution in [1.29, 1.82) is 0 Å². The van der Waals surface area contributed by atoms with Crippen molar-refractivity contribution in [2.24, 2.45) is 10.8 Å². The molecule has 0 atom stereocenters. The maximum absolute atomic E-state index is 11.7. The summed E-state index contributed by atoms with van der Waals surface area (Å²) in [7, 11) is 0. The van der Waals surface area contributed by atoms with E-state index in [4.69, 9.17) is 27.7 Å². The van der Waals surface area contributed by atoms with Gasteiger partial charge in [-0.1, -0.05) is 46.6 Å². The molecule has 1 N–H and O–H groups in total. The smallest absolute Gasteiger partial charge is 0.309 e. The predicted molar refractivity (Wildman–Crippen MR) is 109 cm³/mol. The van der Waals surface area contributed by atoms with Crippen LogP contribution in [0.15, 0.2) is 28.8 Å². The first-order valence-electron chi connectivity index (χ1n) is 9.80. The first-order chi connectivity index (χ1) is 13.4. The quantitative estimate of drug-likeness (QED) is 0.596. The molecule has 2 aromatic rings. The lowest BCUT2D eigenvalue weighted by Gasteiger charge is -2.23. The number of carbonyl (C=O) groups is 1. The van der Waals surface area contributed by atoms with Gasteiger partial charge in [0.05, 0.1) is 15.5 Å². The Hall–Kier alpha value is -1.78. The molecule has 0 saturated heterocycles. The maximum atomic E-state index is 11.7. The van der Waals surface area contributed by atoms with E-state index in [-0.39, 0.29) is 5.41 Å². The lowest BCUT2D eigenvalue weighted by molar-refractivity contribution is -0.148. The molecule has 146 valence electrons. The van der Waals surface area contributed by atoms with Gasteiger partial charge in [0, 0.05) is 17.0 Å². The molecular formula is C22H21Cl2NO3. The molecule has 1 aromatic carbocycles. The molecule has 2 bridgehead atoms. The minimum atomic E-state index is -0.646. The fraction of sp³-hybridized carbons (Fsp3) is 0.455. The van der Waals surface area contributed by atoms with Gasteiger partial charge < -0.3 is 9.63 Å². The Morgan fingerprint density at radius 1 is 1.18 bits per heavy atom. The number of rotatable bonds is 5. The van der Waals surface area contributed by atoms with Crippen LogP contribution in [-0.4, -0.2) is 16.2 Å². The van der Waals surface area contributed by atoms with Gasteiger partial charge in [0.2, 0.25) is 0 Å². The van der Waals surface area contributed by atoms with Gasteiger partial charge in [0.15, 0.2) is 0 Å². The second-order valence-corrected chi connectivity index (χ2v) is 9.45. The Balaban J connectivity index is 1.55. The topological polar surface area (TPSA) is 63.3 Å². The number of nitrogens with zero attached hydrogens (tertiary/aromatic N) is 1. The molecule has 0 spiro atoms. The molecule has 0 amide bonds. The van der Waals surface area contributed by atoms with Crippen LogP contribution in [0.1, 0.15) is 62.2 Å². The zero-order chi connectivity index (χ0) is 19.5. The van der Waals surface area contributed by atoms with Crippen LogP contribution in [0.5, 0.6) is 0 Å². The van der Waals surface area contributed by atoms with E-state index in [1.165, 1.54) is 0 Å². The van der Waals surface area contributed by atoms with E-state index in [9.17, 15) is 9.90 Å². The summed E-state index contributed by atoms with van der Waals surface area (Å²) in [5.41, 5.74) is 1.72. The molecule has 1 aromatic heterocycles. The van der Waals surface area contributed by atoms with E-state index in [2.05, 4.69) is 17.3 Å². The number of aromatic nitrogens is 1. The van der Waals surface area contributed by atoms with Crippen LogP contribution in [-0.2, 0) is 4.79 Å². The molecule has 4 nitrogen and oxygen atoms in total. The zero-order valence-electron chi connectivity index (χ0n) is 15.4. The highest BCUT2D eigenvalue weighted by molar-refractivity contribution is 6.39. The second kappa shape index (κ2) is 6.36. The van der Waals surface area contributed by atoms with Gasteiger partial charge in [-0.25, -0.2) is 0 Å². The van der Waals surface area contributed by atoms with Gasteiger partial charge in [0.25, 0.3) is 0 Å². The molecule has 0 radical (unpaired) electrons.